The molecule has 0 aliphatic carbocycles. The van der Waals surface area contributed by atoms with Crippen molar-refractivity contribution in [2.24, 2.45) is 4.99 Å². The highest BCUT2D eigenvalue weighted by Gasteiger charge is 2.12. The molecule has 0 radical (unpaired) electrons. The van der Waals surface area contributed by atoms with E-state index in [1.165, 1.54) is 16.7 Å². The van der Waals surface area contributed by atoms with Crippen molar-refractivity contribution in [3.05, 3.63) is 94.5 Å². The van der Waals surface area contributed by atoms with Gasteiger partial charge in [0.05, 0.1) is 11.4 Å². The molecule has 2 heteroatoms. The van der Waals surface area contributed by atoms with E-state index in [9.17, 15) is 0 Å². The minimum Gasteiger partial charge on any atom is -0.388 e. The maximum absolute atomic E-state index is 5.00. The van der Waals surface area contributed by atoms with Crippen molar-refractivity contribution in [2.45, 2.75) is 20.8 Å². The number of rotatable bonds is 4. The summed E-state index contributed by atoms with van der Waals surface area (Å²) in [7, 11) is 1.95. The van der Waals surface area contributed by atoms with E-state index in [0.29, 0.717) is 0 Å². The Hall–Kier alpha value is -2.87. The van der Waals surface area contributed by atoms with E-state index in [2.05, 4.69) is 92.8 Å². The van der Waals surface area contributed by atoms with Crippen LogP contribution in [-0.2, 0) is 0 Å². The first-order valence-corrected chi connectivity index (χ1v) is 8.58. The van der Waals surface area contributed by atoms with Crippen LogP contribution in [0.4, 0.5) is 11.4 Å². The van der Waals surface area contributed by atoms with Gasteiger partial charge < -0.3 is 5.32 Å². The van der Waals surface area contributed by atoms with E-state index in [-0.39, 0.29) is 0 Å². The lowest BCUT2D eigenvalue weighted by atomic mass is 9.97. The number of benzene rings is 3. The third-order valence-electron chi connectivity index (χ3n) is 4.30. The van der Waals surface area contributed by atoms with Gasteiger partial charge in [-0.2, -0.15) is 0 Å². The quantitative estimate of drug-likeness (QED) is 0.599. The Kier molecular flexibility index (Phi) is 4.99. The molecule has 3 aromatic carbocycles. The van der Waals surface area contributed by atoms with Crippen molar-refractivity contribution in [3.8, 4) is 0 Å². The molecule has 0 aromatic heterocycles. The van der Waals surface area contributed by atoms with Gasteiger partial charge >= 0.3 is 0 Å². The van der Waals surface area contributed by atoms with Gasteiger partial charge in [-0.25, -0.2) is 4.99 Å². The monoisotopic (exact) mass is 328 g/mol. The van der Waals surface area contributed by atoms with Gasteiger partial charge in [0.15, 0.2) is 0 Å². The van der Waals surface area contributed by atoms with Crippen LogP contribution in [-0.4, -0.2) is 12.8 Å². The van der Waals surface area contributed by atoms with Gasteiger partial charge in [0, 0.05) is 23.9 Å². The molecule has 0 saturated heterocycles. The summed E-state index contributed by atoms with van der Waals surface area (Å²) in [4.78, 5) is 5.00. The zero-order valence-corrected chi connectivity index (χ0v) is 15.3. The van der Waals surface area contributed by atoms with Crippen LogP contribution in [0.5, 0.6) is 0 Å². The Bertz CT molecular complexity index is 888. The van der Waals surface area contributed by atoms with Gasteiger partial charge in [0.1, 0.15) is 0 Å². The summed E-state index contributed by atoms with van der Waals surface area (Å²) in [6, 6.07) is 23.3. The second-order valence-electron chi connectivity index (χ2n) is 6.46. The molecular weight excluding hydrogens is 304 g/mol. The molecule has 25 heavy (non-hydrogen) atoms. The first kappa shape index (κ1) is 17.0. The lowest BCUT2D eigenvalue weighted by molar-refractivity contribution is 1.38. The normalized spacial score (nSPS) is 11.4. The molecule has 3 aromatic rings. The van der Waals surface area contributed by atoms with Crippen LogP contribution >= 0.6 is 0 Å². The van der Waals surface area contributed by atoms with Crippen LogP contribution in [0.15, 0.2) is 71.7 Å². The topological polar surface area (TPSA) is 24.4 Å². The summed E-state index contributed by atoms with van der Waals surface area (Å²) >= 11 is 0. The van der Waals surface area contributed by atoms with E-state index in [0.717, 1.165) is 28.2 Å². The average molecular weight is 328 g/mol. The summed E-state index contributed by atoms with van der Waals surface area (Å²) in [5.74, 6) is 0. The van der Waals surface area contributed by atoms with Crippen molar-refractivity contribution in [3.63, 3.8) is 0 Å². The number of aliphatic imine (C=N–C) groups is 1. The van der Waals surface area contributed by atoms with Crippen molar-refractivity contribution in [1.29, 1.82) is 0 Å². The van der Waals surface area contributed by atoms with E-state index in [1.54, 1.807) is 0 Å². The predicted octanol–water partition coefficient (Wildman–Crippen LogP) is 5.82. The molecule has 0 bridgehead atoms. The van der Waals surface area contributed by atoms with Crippen LogP contribution in [0.1, 0.15) is 27.8 Å². The highest BCUT2D eigenvalue weighted by atomic mass is 14.8. The standard InChI is InChI=1S/C23H24N2/c1-16-5-10-19(11-6-16)23(25-20-12-7-17(2)8-13-20)21-15-18(3)9-14-22(21)24-4/h5-15,24H,1-4H3. The Morgan fingerprint density at radius 3 is 1.88 bits per heavy atom. The third-order valence-corrected chi connectivity index (χ3v) is 4.30. The summed E-state index contributed by atoms with van der Waals surface area (Å²) < 4.78 is 0. The molecule has 0 spiro atoms. The fraction of sp³-hybridized carbons (Fsp3) is 0.174. The largest absolute Gasteiger partial charge is 0.388 e. The summed E-state index contributed by atoms with van der Waals surface area (Å²) in [6.45, 7) is 6.31. The van der Waals surface area contributed by atoms with Gasteiger partial charge in [0.25, 0.3) is 0 Å². The predicted molar refractivity (Wildman–Crippen MR) is 108 cm³/mol. The number of hydrogen-bond donors (Lipinski definition) is 1. The molecule has 2 nitrogen and oxygen atoms in total. The third kappa shape index (κ3) is 3.97. The lowest BCUT2D eigenvalue weighted by Gasteiger charge is -2.14. The second kappa shape index (κ2) is 7.35. The van der Waals surface area contributed by atoms with Crippen LogP contribution in [0.3, 0.4) is 0 Å². The first-order valence-electron chi connectivity index (χ1n) is 8.58. The van der Waals surface area contributed by atoms with Gasteiger partial charge in [-0.05, 0) is 45.0 Å². The first-order chi connectivity index (χ1) is 12.1. The van der Waals surface area contributed by atoms with Gasteiger partial charge in [-0.15, -0.1) is 0 Å². The Labute approximate surface area is 150 Å². The number of anilines is 1. The Morgan fingerprint density at radius 2 is 1.28 bits per heavy atom. The highest BCUT2D eigenvalue weighted by molar-refractivity contribution is 6.17. The summed E-state index contributed by atoms with van der Waals surface area (Å²) in [5, 5.41) is 3.30. The SMILES string of the molecule is CNc1ccc(C)cc1C(=Nc1ccc(C)cc1)c1ccc(C)cc1. The molecule has 0 fully saturated rings. The number of nitrogens with zero attached hydrogens (tertiary/aromatic N) is 1. The van der Waals surface area contributed by atoms with Crippen molar-refractivity contribution in [2.75, 3.05) is 12.4 Å². The second-order valence-corrected chi connectivity index (χ2v) is 6.46. The molecule has 0 aliphatic rings. The molecule has 3 rings (SSSR count). The molecule has 126 valence electrons. The highest BCUT2D eigenvalue weighted by Crippen LogP contribution is 2.25. The Balaban J connectivity index is 2.20. The zero-order valence-electron chi connectivity index (χ0n) is 15.3. The van der Waals surface area contributed by atoms with Crippen LogP contribution in [0.2, 0.25) is 0 Å². The molecule has 1 N–H and O–H groups in total. The minimum absolute atomic E-state index is 0.963. The van der Waals surface area contributed by atoms with E-state index < -0.39 is 0 Å². The van der Waals surface area contributed by atoms with E-state index in [1.807, 2.05) is 7.05 Å². The minimum atomic E-state index is 0.963. The van der Waals surface area contributed by atoms with Crippen molar-refractivity contribution < 1.29 is 0 Å². The number of hydrogen-bond acceptors (Lipinski definition) is 2. The fourth-order valence-corrected chi connectivity index (χ4v) is 2.81. The smallest absolute Gasteiger partial charge is 0.0802 e. The zero-order chi connectivity index (χ0) is 17.8. The maximum atomic E-state index is 5.00. The van der Waals surface area contributed by atoms with Crippen LogP contribution in [0, 0.1) is 20.8 Å². The molecule has 0 saturated carbocycles. The summed E-state index contributed by atoms with van der Waals surface area (Å²) in [5.41, 5.74) is 8.97. The summed E-state index contributed by atoms with van der Waals surface area (Å²) in [6.07, 6.45) is 0. The fourth-order valence-electron chi connectivity index (χ4n) is 2.81. The Morgan fingerprint density at radius 1 is 0.720 bits per heavy atom. The molecule has 0 heterocycles. The molecule has 0 aliphatic heterocycles. The van der Waals surface area contributed by atoms with Crippen molar-refractivity contribution in [1.82, 2.24) is 0 Å². The number of aryl methyl sites for hydroxylation is 3. The van der Waals surface area contributed by atoms with Crippen LogP contribution in [0.25, 0.3) is 0 Å². The van der Waals surface area contributed by atoms with Gasteiger partial charge in [-0.3, -0.25) is 0 Å². The van der Waals surface area contributed by atoms with E-state index in [4.69, 9.17) is 4.99 Å². The molecule has 0 unspecified atom stereocenters. The maximum Gasteiger partial charge on any atom is 0.0802 e. The van der Waals surface area contributed by atoms with Crippen molar-refractivity contribution >= 4 is 17.1 Å². The average Bonchev–Trinajstić information content (AvgIpc) is 2.62. The molecule has 0 amide bonds. The van der Waals surface area contributed by atoms with Crippen LogP contribution < -0.4 is 5.32 Å². The molecular formula is C23H24N2. The van der Waals surface area contributed by atoms with Gasteiger partial charge in [-0.1, -0.05) is 59.2 Å². The van der Waals surface area contributed by atoms with E-state index >= 15 is 0 Å². The van der Waals surface area contributed by atoms with Gasteiger partial charge in [0.2, 0.25) is 0 Å². The lowest BCUT2D eigenvalue weighted by Crippen LogP contribution is -2.07. The molecule has 0 atom stereocenters. The number of nitrogens with one attached hydrogen (secondary N) is 1.